The number of anilines is 1. The van der Waals surface area contributed by atoms with Crippen molar-refractivity contribution in [2.24, 2.45) is 0 Å². The molecule has 2 aliphatic rings. The van der Waals surface area contributed by atoms with E-state index in [1.165, 1.54) is 5.69 Å². The normalized spacial score (nSPS) is 19.6. The molecule has 1 N–H and O–H groups in total. The molecule has 0 spiro atoms. The third-order valence-electron chi connectivity index (χ3n) is 4.41. The van der Waals surface area contributed by atoms with E-state index >= 15 is 0 Å². The third kappa shape index (κ3) is 3.84. The van der Waals surface area contributed by atoms with Crippen molar-refractivity contribution in [3.05, 3.63) is 29.3 Å². The van der Waals surface area contributed by atoms with Crippen LogP contribution in [-0.2, 0) is 0 Å². The summed E-state index contributed by atoms with van der Waals surface area (Å²) in [6.07, 6.45) is 1.05. The molecule has 22 heavy (non-hydrogen) atoms. The number of carbonyl (C=O) groups is 1. The Kier molecular flexibility index (Phi) is 5.05. The summed E-state index contributed by atoms with van der Waals surface area (Å²) >= 11 is 5.94. The zero-order valence-electron chi connectivity index (χ0n) is 12.8. The molecular weight excluding hydrogens is 300 g/mol. The van der Waals surface area contributed by atoms with Crippen molar-refractivity contribution in [1.82, 2.24) is 15.1 Å². The number of urea groups is 1. The summed E-state index contributed by atoms with van der Waals surface area (Å²) in [4.78, 5) is 18.3. The van der Waals surface area contributed by atoms with Crippen LogP contribution < -0.4 is 10.2 Å². The number of amides is 2. The highest BCUT2D eigenvalue weighted by Crippen LogP contribution is 2.19. The molecule has 2 aliphatic heterocycles. The largest absolute Gasteiger partial charge is 0.369 e. The first-order chi connectivity index (χ1) is 10.7. The number of nitrogens with zero attached hydrogens (tertiary/aromatic N) is 3. The number of nitrogens with one attached hydrogen (secondary N) is 1. The van der Waals surface area contributed by atoms with Crippen LogP contribution in [0.1, 0.15) is 6.42 Å². The van der Waals surface area contributed by atoms with Crippen LogP contribution in [-0.4, -0.2) is 68.2 Å². The van der Waals surface area contributed by atoms with E-state index in [2.05, 4.69) is 27.2 Å². The lowest BCUT2D eigenvalue weighted by Gasteiger charge is -2.36. The van der Waals surface area contributed by atoms with Gasteiger partial charge in [-0.25, -0.2) is 4.79 Å². The van der Waals surface area contributed by atoms with E-state index in [0.29, 0.717) is 0 Å². The van der Waals surface area contributed by atoms with E-state index in [0.717, 1.165) is 63.8 Å². The molecule has 2 saturated heterocycles. The topological polar surface area (TPSA) is 38.8 Å². The van der Waals surface area contributed by atoms with Gasteiger partial charge in [0.15, 0.2) is 0 Å². The van der Waals surface area contributed by atoms with E-state index in [9.17, 15) is 4.79 Å². The number of carbonyl (C=O) groups excluding carboxylic acids is 1. The van der Waals surface area contributed by atoms with Crippen molar-refractivity contribution < 1.29 is 4.79 Å². The lowest BCUT2D eigenvalue weighted by atomic mass is 10.2. The Bertz CT molecular complexity index is 499. The fourth-order valence-electron chi connectivity index (χ4n) is 3.09. The van der Waals surface area contributed by atoms with Gasteiger partial charge in [-0.3, -0.25) is 4.90 Å². The van der Waals surface area contributed by atoms with E-state index in [-0.39, 0.29) is 6.03 Å². The van der Waals surface area contributed by atoms with E-state index in [4.69, 9.17) is 11.6 Å². The van der Waals surface area contributed by atoms with Crippen LogP contribution in [0.3, 0.4) is 0 Å². The highest BCUT2D eigenvalue weighted by Gasteiger charge is 2.20. The first-order valence-electron chi connectivity index (χ1n) is 7.98. The van der Waals surface area contributed by atoms with Gasteiger partial charge in [0.25, 0.3) is 0 Å². The Balaban J connectivity index is 1.38. The number of rotatable bonds is 5. The Morgan fingerprint density at radius 1 is 1.00 bits per heavy atom. The molecule has 0 aliphatic carbocycles. The first kappa shape index (κ1) is 15.4. The van der Waals surface area contributed by atoms with Crippen molar-refractivity contribution in [1.29, 1.82) is 0 Å². The van der Waals surface area contributed by atoms with Crippen molar-refractivity contribution in [3.63, 3.8) is 0 Å². The van der Waals surface area contributed by atoms with Crippen LogP contribution in [0.25, 0.3) is 0 Å². The molecule has 2 amide bonds. The maximum absolute atomic E-state index is 11.5. The summed E-state index contributed by atoms with van der Waals surface area (Å²) in [6, 6.07) is 8.16. The van der Waals surface area contributed by atoms with Crippen molar-refractivity contribution >= 4 is 23.3 Å². The van der Waals surface area contributed by atoms with Crippen molar-refractivity contribution in [2.45, 2.75) is 6.42 Å². The smallest absolute Gasteiger partial charge is 0.317 e. The lowest BCUT2D eigenvalue weighted by Crippen LogP contribution is -2.47. The number of piperazine rings is 1. The molecule has 2 heterocycles. The van der Waals surface area contributed by atoms with Crippen LogP contribution in [0.15, 0.2) is 24.3 Å². The molecule has 1 aromatic carbocycles. The Morgan fingerprint density at radius 3 is 2.36 bits per heavy atom. The number of benzene rings is 1. The molecular formula is C16H23ClN4O. The number of hydrogen-bond donors (Lipinski definition) is 1. The number of hydrogen-bond acceptors (Lipinski definition) is 3. The van der Waals surface area contributed by atoms with Crippen LogP contribution in [0, 0.1) is 0 Å². The fraction of sp³-hybridized carbons (Fsp3) is 0.562. The predicted octanol–water partition coefficient (Wildman–Crippen LogP) is 1.88. The lowest BCUT2D eigenvalue weighted by molar-refractivity contribution is 0.208. The monoisotopic (exact) mass is 322 g/mol. The second-order valence-electron chi connectivity index (χ2n) is 5.88. The summed E-state index contributed by atoms with van der Waals surface area (Å²) in [6.45, 7) is 7.82. The molecule has 3 rings (SSSR count). The van der Waals surface area contributed by atoms with Gasteiger partial charge in [0.2, 0.25) is 0 Å². The van der Waals surface area contributed by atoms with Gasteiger partial charge in [-0.2, -0.15) is 0 Å². The van der Waals surface area contributed by atoms with Gasteiger partial charge in [0.05, 0.1) is 0 Å². The zero-order valence-corrected chi connectivity index (χ0v) is 13.6. The second-order valence-corrected chi connectivity index (χ2v) is 6.31. The molecule has 0 unspecified atom stereocenters. The average Bonchev–Trinajstić information content (AvgIpc) is 2.94. The fourth-order valence-corrected chi connectivity index (χ4v) is 3.22. The van der Waals surface area contributed by atoms with E-state index in [1.807, 2.05) is 17.0 Å². The molecule has 0 bridgehead atoms. The van der Waals surface area contributed by atoms with Crippen LogP contribution in [0.4, 0.5) is 10.5 Å². The Hall–Kier alpha value is -1.46. The molecule has 120 valence electrons. The van der Waals surface area contributed by atoms with Crippen LogP contribution >= 0.6 is 11.6 Å². The highest BCUT2D eigenvalue weighted by molar-refractivity contribution is 6.30. The van der Waals surface area contributed by atoms with Gasteiger partial charge in [0, 0.05) is 56.5 Å². The van der Waals surface area contributed by atoms with Gasteiger partial charge in [-0.05, 0) is 37.2 Å². The summed E-state index contributed by atoms with van der Waals surface area (Å²) in [5.41, 5.74) is 1.25. The third-order valence-corrected chi connectivity index (χ3v) is 4.66. The zero-order chi connectivity index (χ0) is 15.4. The van der Waals surface area contributed by atoms with Crippen LogP contribution in [0.5, 0.6) is 0 Å². The maximum atomic E-state index is 11.5. The Labute approximate surface area is 136 Å². The average molecular weight is 323 g/mol. The van der Waals surface area contributed by atoms with Gasteiger partial charge in [0.1, 0.15) is 0 Å². The minimum Gasteiger partial charge on any atom is -0.369 e. The Morgan fingerprint density at radius 2 is 1.73 bits per heavy atom. The predicted molar refractivity (Wildman–Crippen MR) is 89.7 cm³/mol. The molecule has 0 aromatic heterocycles. The summed E-state index contributed by atoms with van der Waals surface area (Å²) in [5, 5.41) is 3.63. The minimum atomic E-state index is 0.0903. The van der Waals surface area contributed by atoms with Gasteiger partial charge < -0.3 is 15.1 Å². The summed E-state index contributed by atoms with van der Waals surface area (Å²) in [5.74, 6) is 0. The van der Waals surface area contributed by atoms with Crippen molar-refractivity contribution in [2.75, 3.05) is 57.3 Å². The van der Waals surface area contributed by atoms with Crippen molar-refractivity contribution in [3.8, 4) is 0 Å². The van der Waals surface area contributed by atoms with Gasteiger partial charge in [-0.15, -0.1) is 0 Å². The summed E-state index contributed by atoms with van der Waals surface area (Å²) < 4.78 is 0. The van der Waals surface area contributed by atoms with E-state index in [1.54, 1.807) is 0 Å². The summed E-state index contributed by atoms with van der Waals surface area (Å²) in [7, 11) is 0. The molecule has 0 saturated carbocycles. The van der Waals surface area contributed by atoms with E-state index < -0.39 is 0 Å². The number of halogens is 1. The molecule has 6 heteroatoms. The molecule has 5 nitrogen and oxygen atoms in total. The highest BCUT2D eigenvalue weighted by atomic mass is 35.5. The van der Waals surface area contributed by atoms with Crippen LogP contribution in [0.2, 0.25) is 5.02 Å². The van der Waals surface area contributed by atoms with Gasteiger partial charge in [-0.1, -0.05) is 11.6 Å². The molecule has 1 aromatic rings. The standard InChI is InChI=1S/C16H23ClN4O/c17-14-2-4-15(5-3-14)20-12-10-19(11-13-20)7-1-8-21-9-6-18-16(21)22/h2-5H,1,6-13H2,(H,18,22). The molecule has 0 atom stereocenters. The quantitative estimate of drug-likeness (QED) is 0.899. The molecule has 2 fully saturated rings. The maximum Gasteiger partial charge on any atom is 0.317 e. The molecule has 0 radical (unpaired) electrons. The first-order valence-corrected chi connectivity index (χ1v) is 8.36. The second kappa shape index (κ2) is 7.20. The minimum absolute atomic E-state index is 0.0903. The van der Waals surface area contributed by atoms with Gasteiger partial charge >= 0.3 is 6.03 Å². The SMILES string of the molecule is O=C1NCCN1CCCN1CCN(c2ccc(Cl)cc2)CC1.